The molecule has 0 radical (unpaired) electrons. The second-order valence-corrected chi connectivity index (χ2v) is 11.1. The molecule has 4 rings (SSSR count). The molecule has 0 N–H and O–H groups in total. The number of halogens is 6. The van der Waals surface area contributed by atoms with E-state index in [4.69, 9.17) is 14.5 Å². The average Bonchev–Trinajstić information content (AvgIpc) is 3.00. The van der Waals surface area contributed by atoms with Gasteiger partial charge in [0.15, 0.2) is 0 Å². The lowest BCUT2D eigenvalue weighted by Gasteiger charge is -2.44. The van der Waals surface area contributed by atoms with Crippen LogP contribution in [0.5, 0.6) is 0 Å². The summed E-state index contributed by atoms with van der Waals surface area (Å²) in [5, 5.41) is 0. The SMILES string of the molecule is CCOC(=O)N1c2ccc(C)cc2[C@@H](N(Cc2cc(C(F)(F)F)cc(C(F)(F)F)c2)c2ccnc(N(C)CCOC)n2)C[C@H]1CC. The first-order valence-electron chi connectivity index (χ1n) is 14.8. The van der Waals surface area contributed by atoms with Gasteiger partial charge in [0, 0.05) is 39.5 Å². The van der Waals surface area contributed by atoms with Crippen LogP contribution in [0, 0.1) is 6.92 Å². The monoisotopic (exact) mass is 653 g/mol. The van der Waals surface area contributed by atoms with Crippen LogP contribution >= 0.6 is 0 Å². The van der Waals surface area contributed by atoms with Gasteiger partial charge >= 0.3 is 18.4 Å². The Morgan fingerprint density at radius 3 is 2.28 bits per heavy atom. The third kappa shape index (κ3) is 7.83. The van der Waals surface area contributed by atoms with Crippen molar-refractivity contribution in [1.29, 1.82) is 0 Å². The minimum absolute atomic E-state index is 0.116. The molecule has 0 bridgehead atoms. The molecule has 46 heavy (non-hydrogen) atoms. The van der Waals surface area contributed by atoms with Gasteiger partial charge in [-0.3, -0.25) is 4.90 Å². The molecule has 3 aromatic rings. The summed E-state index contributed by atoms with van der Waals surface area (Å²) in [5.74, 6) is 0.581. The zero-order valence-corrected chi connectivity index (χ0v) is 26.2. The molecule has 2 heterocycles. The Balaban J connectivity index is 1.92. The summed E-state index contributed by atoms with van der Waals surface area (Å²) >= 11 is 0. The molecular weight excluding hydrogens is 616 g/mol. The molecule has 0 aliphatic carbocycles. The first-order valence-corrected chi connectivity index (χ1v) is 14.8. The Morgan fingerprint density at radius 2 is 1.70 bits per heavy atom. The van der Waals surface area contributed by atoms with Crippen LogP contribution in [0.1, 0.15) is 60.5 Å². The number of alkyl halides is 6. The lowest BCUT2D eigenvalue weighted by Crippen LogP contribution is -2.48. The number of nitrogens with zero attached hydrogens (tertiary/aromatic N) is 5. The van der Waals surface area contributed by atoms with E-state index in [2.05, 4.69) is 4.98 Å². The van der Waals surface area contributed by atoms with E-state index in [1.165, 1.54) is 6.20 Å². The zero-order valence-electron chi connectivity index (χ0n) is 26.2. The van der Waals surface area contributed by atoms with Gasteiger partial charge in [0.05, 0.1) is 36.1 Å². The number of hydrogen-bond donors (Lipinski definition) is 0. The number of aromatic nitrogens is 2. The van der Waals surface area contributed by atoms with E-state index in [0.717, 1.165) is 17.7 Å². The number of hydrogen-bond acceptors (Lipinski definition) is 7. The minimum Gasteiger partial charge on any atom is -0.449 e. The number of methoxy groups -OCH3 is 1. The second-order valence-electron chi connectivity index (χ2n) is 11.1. The third-order valence-corrected chi connectivity index (χ3v) is 7.87. The molecule has 0 unspecified atom stereocenters. The highest BCUT2D eigenvalue weighted by Gasteiger charge is 2.41. The van der Waals surface area contributed by atoms with E-state index in [0.29, 0.717) is 43.2 Å². The molecule has 8 nitrogen and oxygen atoms in total. The highest BCUT2D eigenvalue weighted by Crippen LogP contribution is 2.45. The normalized spacial score (nSPS) is 16.6. The molecule has 0 saturated carbocycles. The Bertz CT molecular complexity index is 1480. The summed E-state index contributed by atoms with van der Waals surface area (Å²) in [7, 11) is 3.29. The topological polar surface area (TPSA) is 71.0 Å². The number of rotatable bonds is 10. The summed E-state index contributed by atoms with van der Waals surface area (Å²) in [4.78, 5) is 27.2. The fourth-order valence-electron chi connectivity index (χ4n) is 5.60. The largest absolute Gasteiger partial charge is 0.449 e. The Morgan fingerprint density at radius 1 is 1.02 bits per heavy atom. The van der Waals surface area contributed by atoms with Crippen LogP contribution in [0.25, 0.3) is 0 Å². The Hall–Kier alpha value is -4.07. The predicted molar refractivity (Wildman–Crippen MR) is 162 cm³/mol. The molecule has 250 valence electrons. The van der Waals surface area contributed by atoms with Crippen LogP contribution in [-0.4, -0.2) is 56.0 Å². The van der Waals surface area contributed by atoms with Gasteiger partial charge in [-0.1, -0.05) is 24.6 Å². The van der Waals surface area contributed by atoms with Gasteiger partial charge in [0.25, 0.3) is 0 Å². The van der Waals surface area contributed by atoms with Gasteiger partial charge in [-0.05, 0) is 68.1 Å². The van der Waals surface area contributed by atoms with Crippen molar-refractivity contribution in [3.8, 4) is 0 Å². The van der Waals surface area contributed by atoms with Gasteiger partial charge < -0.3 is 19.3 Å². The maximum absolute atomic E-state index is 13.8. The van der Waals surface area contributed by atoms with Crippen molar-refractivity contribution in [2.45, 2.75) is 64.6 Å². The third-order valence-electron chi connectivity index (χ3n) is 7.87. The van der Waals surface area contributed by atoms with Crippen LogP contribution in [-0.2, 0) is 28.4 Å². The summed E-state index contributed by atoms with van der Waals surface area (Å²) in [6, 6.07) is 7.65. The van der Waals surface area contributed by atoms with Crippen molar-refractivity contribution in [3.05, 3.63) is 76.5 Å². The van der Waals surface area contributed by atoms with E-state index >= 15 is 0 Å². The van der Waals surface area contributed by atoms with Gasteiger partial charge in [-0.15, -0.1) is 0 Å². The highest BCUT2D eigenvalue weighted by atomic mass is 19.4. The van der Waals surface area contributed by atoms with Crippen LogP contribution in [0.2, 0.25) is 0 Å². The first kappa shape index (κ1) is 34.8. The Kier molecular flexibility index (Phi) is 10.7. The smallest absolute Gasteiger partial charge is 0.416 e. The number of ether oxygens (including phenoxy) is 2. The first-order chi connectivity index (χ1) is 21.7. The maximum atomic E-state index is 13.8. The number of anilines is 3. The minimum atomic E-state index is -5.00. The molecule has 1 amide bonds. The maximum Gasteiger partial charge on any atom is 0.416 e. The number of amides is 1. The van der Waals surface area contributed by atoms with Gasteiger partial charge in [-0.2, -0.15) is 31.3 Å². The van der Waals surface area contributed by atoms with Gasteiger partial charge in [-0.25, -0.2) is 9.78 Å². The van der Waals surface area contributed by atoms with Crippen LogP contribution in [0.3, 0.4) is 0 Å². The molecule has 2 aromatic carbocycles. The summed E-state index contributed by atoms with van der Waals surface area (Å²) in [6.45, 7) is 6.06. The van der Waals surface area contributed by atoms with E-state index in [1.54, 1.807) is 47.9 Å². The lowest BCUT2D eigenvalue weighted by molar-refractivity contribution is -0.143. The molecular formula is C32H37F6N5O3. The quantitative estimate of drug-likeness (QED) is 0.207. The fourth-order valence-corrected chi connectivity index (χ4v) is 5.60. The highest BCUT2D eigenvalue weighted by molar-refractivity contribution is 5.90. The van der Waals surface area contributed by atoms with E-state index in [1.807, 2.05) is 26.0 Å². The van der Waals surface area contributed by atoms with Crippen molar-refractivity contribution in [3.63, 3.8) is 0 Å². The van der Waals surface area contributed by atoms with Gasteiger partial charge in [0.1, 0.15) is 5.82 Å². The lowest BCUT2D eigenvalue weighted by atomic mass is 9.87. The molecule has 0 saturated heterocycles. The van der Waals surface area contributed by atoms with E-state index in [9.17, 15) is 31.1 Å². The standard InChI is InChI=1S/C32H37F6N5O3/c1-6-24-18-27(25-14-20(3)8-9-26(25)43(24)30(44)46-7-2)42(28-10-11-39-29(40-28)41(4)12-13-45-5)19-21-15-22(31(33,34)35)17-23(16-21)32(36,37)38/h8-11,14-17,24,27H,6-7,12-13,18-19H2,1-5H3/t24-,27+/m1/s1. The molecule has 1 aliphatic rings. The van der Waals surface area contributed by atoms with Crippen molar-refractivity contribution in [2.24, 2.45) is 0 Å². The second kappa shape index (κ2) is 14.1. The van der Waals surface area contributed by atoms with E-state index < -0.39 is 35.6 Å². The summed E-state index contributed by atoms with van der Waals surface area (Å²) < 4.78 is 93.6. The van der Waals surface area contributed by atoms with Crippen LogP contribution < -0.4 is 14.7 Å². The summed E-state index contributed by atoms with van der Waals surface area (Å²) in [6.07, 6.45) is -8.25. The molecule has 14 heteroatoms. The average molecular weight is 654 g/mol. The number of benzene rings is 2. The number of aryl methyl sites for hydroxylation is 1. The number of carbonyl (C=O) groups is 1. The zero-order chi connectivity index (χ0) is 33.8. The fraction of sp³-hybridized carbons (Fsp3) is 0.469. The van der Waals surface area contributed by atoms with Crippen molar-refractivity contribution >= 4 is 23.5 Å². The Labute approximate surface area is 263 Å². The number of likely N-dealkylation sites (N-methyl/N-ethyl adjacent to an activating group) is 1. The summed E-state index contributed by atoms with van der Waals surface area (Å²) in [5.41, 5.74) is -0.953. The molecule has 0 fully saturated rings. The van der Waals surface area contributed by atoms with Crippen LogP contribution in [0.15, 0.2) is 48.7 Å². The van der Waals surface area contributed by atoms with Crippen molar-refractivity contribution < 1.29 is 40.6 Å². The van der Waals surface area contributed by atoms with E-state index in [-0.39, 0.29) is 36.6 Å². The molecule has 0 spiro atoms. The molecule has 1 aromatic heterocycles. The van der Waals surface area contributed by atoms with Crippen molar-refractivity contribution in [1.82, 2.24) is 9.97 Å². The number of fused-ring (bicyclic) bond motifs is 1. The van der Waals surface area contributed by atoms with Crippen LogP contribution in [0.4, 0.5) is 48.6 Å². The molecule has 2 atom stereocenters. The van der Waals surface area contributed by atoms with Gasteiger partial charge in [0.2, 0.25) is 5.95 Å². The predicted octanol–water partition coefficient (Wildman–Crippen LogP) is 7.80. The number of carbonyl (C=O) groups excluding carboxylic acids is 1. The molecule has 1 aliphatic heterocycles. The van der Waals surface area contributed by atoms with Crippen molar-refractivity contribution in [2.75, 3.05) is 48.6 Å².